The first-order valence-corrected chi connectivity index (χ1v) is 9.33. The smallest absolute Gasteiger partial charge is 0.274 e. The third-order valence-corrected chi connectivity index (χ3v) is 5.52. The van der Waals surface area contributed by atoms with Crippen LogP contribution in [0.2, 0.25) is 0 Å². The monoisotopic (exact) mass is 348 g/mol. The van der Waals surface area contributed by atoms with E-state index in [0.717, 1.165) is 48.7 Å². The molecule has 1 fully saturated rings. The van der Waals surface area contributed by atoms with Crippen LogP contribution >= 0.6 is 11.3 Å². The fourth-order valence-electron chi connectivity index (χ4n) is 3.05. The van der Waals surface area contributed by atoms with Gasteiger partial charge in [-0.15, -0.1) is 16.4 Å². The third kappa shape index (κ3) is 3.49. The van der Waals surface area contributed by atoms with E-state index in [1.54, 1.807) is 11.3 Å². The Labute approximate surface area is 145 Å². The molecule has 1 amide bonds. The summed E-state index contributed by atoms with van der Waals surface area (Å²) < 4.78 is 1.91. The first kappa shape index (κ1) is 17.0. The Hall–Kier alpha value is -1.80. The van der Waals surface area contributed by atoms with Crippen LogP contribution in [-0.2, 0) is 0 Å². The van der Waals surface area contributed by atoms with Crippen molar-refractivity contribution in [2.24, 2.45) is 0 Å². The van der Waals surface area contributed by atoms with Crippen LogP contribution in [0.5, 0.6) is 0 Å². The molecule has 0 aromatic carbocycles. The number of carbonyl (C=O) groups is 1. The Morgan fingerprint density at radius 2 is 2.21 bits per heavy atom. The summed E-state index contributed by atoms with van der Waals surface area (Å²) in [5, 5.41) is 17.7. The van der Waals surface area contributed by atoms with Gasteiger partial charge in [0, 0.05) is 11.1 Å². The van der Waals surface area contributed by atoms with E-state index in [0.29, 0.717) is 11.7 Å². The average molecular weight is 348 g/mol. The van der Waals surface area contributed by atoms with E-state index in [2.05, 4.69) is 25.9 Å². The molecule has 0 bridgehead atoms. The topological polar surface area (TPSA) is 84.7 Å². The van der Waals surface area contributed by atoms with E-state index >= 15 is 0 Å². The maximum atomic E-state index is 12.6. The quantitative estimate of drug-likeness (QED) is 0.865. The van der Waals surface area contributed by atoms with Crippen LogP contribution in [0, 0.1) is 13.8 Å². The summed E-state index contributed by atoms with van der Waals surface area (Å²) in [4.78, 5) is 17.1. The minimum absolute atomic E-state index is 0.0837. The van der Waals surface area contributed by atoms with E-state index in [1.165, 1.54) is 0 Å². The lowest BCUT2D eigenvalue weighted by Crippen LogP contribution is -2.31. The number of nitrogens with one attached hydrogen (secondary N) is 2. The number of rotatable bonds is 5. The van der Waals surface area contributed by atoms with Crippen molar-refractivity contribution in [2.75, 3.05) is 13.1 Å². The zero-order valence-electron chi connectivity index (χ0n) is 14.4. The molecule has 0 saturated carbocycles. The summed E-state index contributed by atoms with van der Waals surface area (Å²) in [7, 11) is 0. The Kier molecular flexibility index (Phi) is 5.25. The summed E-state index contributed by atoms with van der Waals surface area (Å²) >= 11 is 1.58. The summed E-state index contributed by atoms with van der Waals surface area (Å²) in [5.74, 6) is -0.174. The highest BCUT2D eigenvalue weighted by atomic mass is 32.1. The van der Waals surface area contributed by atoms with E-state index in [9.17, 15) is 4.79 Å². The predicted molar refractivity (Wildman–Crippen MR) is 93.2 cm³/mol. The molecule has 0 radical (unpaired) electrons. The molecule has 1 saturated heterocycles. The Morgan fingerprint density at radius 3 is 2.83 bits per heavy atom. The second kappa shape index (κ2) is 7.40. The number of piperidine rings is 1. The maximum absolute atomic E-state index is 12.6. The van der Waals surface area contributed by atoms with Crippen molar-refractivity contribution in [3.05, 3.63) is 27.5 Å². The van der Waals surface area contributed by atoms with Gasteiger partial charge < -0.3 is 10.6 Å². The number of aryl methyl sites for hydroxylation is 1. The molecule has 0 spiro atoms. The third-order valence-electron chi connectivity index (χ3n) is 4.45. The van der Waals surface area contributed by atoms with Gasteiger partial charge in [-0.2, -0.15) is 0 Å². The molecule has 7 nitrogen and oxygen atoms in total. The number of thiazole rings is 1. The van der Waals surface area contributed by atoms with Crippen molar-refractivity contribution in [1.29, 1.82) is 0 Å². The Bertz CT molecular complexity index is 703. The highest BCUT2D eigenvalue weighted by Crippen LogP contribution is 2.23. The molecule has 1 aliphatic heterocycles. The van der Waals surface area contributed by atoms with Gasteiger partial charge in [0.05, 0.1) is 17.8 Å². The van der Waals surface area contributed by atoms with Gasteiger partial charge in [-0.05, 0) is 46.2 Å². The Balaban J connectivity index is 1.73. The molecule has 2 aromatic rings. The van der Waals surface area contributed by atoms with Crippen LogP contribution in [0.3, 0.4) is 0 Å². The van der Waals surface area contributed by atoms with Gasteiger partial charge >= 0.3 is 0 Å². The highest BCUT2D eigenvalue weighted by Gasteiger charge is 2.25. The molecular weight excluding hydrogens is 324 g/mol. The average Bonchev–Trinajstić information content (AvgIpc) is 3.19. The lowest BCUT2D eigenvalue weighted by molar-refractivity contribution is 0.0929. The van der Waals surface area contributed by atoms with Gasteiger partial charge in [0.1, 0.15) is 5.01 Å². The maximum Gasteiger partial charge on any atom is 0.274 e. The number of nitrogens with zero attached hydrogens (tertiary/aromatic N) is 4. The second-order valence-corrected chi connectivity index (χ2v) is 7.10. The molecule has 24 heavy (non-hydrogen) atoms. The van der Waals surface area contributed by atoms with Gasteiger partial charge in [-0.1, -0.05) is 12.1 Å². The van der Waals surface area contributed by atoms with Crippen LogP contribution < -0.4 is 10.6 Å². The van der Waals surface area contributed by atoms with Crippen molar-refractivity contribution in [1.82, 2.24) is 30.6 Å². The van der Waals surface area contributed by atoms with Gasteiger partial charge in [-0.25, -0.2) is 9.67 Å². The molecule has 8 heteroatoms. The number of amides is 1. The van der Waals surface area contributed by atoms with Crippen LogP contribution in [0.1, 0.15) is 65.2 Å². The van der Waals surface area contributed by atoms with Gasteiger partial charge in [0.25, 0.3) is 5.91 Å². The zero-order valence-corrected chi connectivity index (χ0v) is 15.2. The molecule has 0 aliphatic carbocycles. The standard InChI is InChI=1S/C16H24N6OS/c1-4-13(16-18-10(2)9-24-16)19-15(23)14-11(3)22(21-20-14)12-5-7-17-8-6-12/h9,12-13,17H,4-8H2,1-3H3,(H,19,23). The van der Waals surface area contributed by atoms with Crippen molar-refractivity contribution in [2.45, 2.75) is 52.1 Å². The van der Waals surface area contributed by atoms with Crippen molar-refractivity contribution in [3.63, 3.8) is 0 Å². The fraction of sp³-hybridized carbons (Fsp3) is 0.625. The first-order valence-electron chi connectivity index (χ1n) is 8.45. The number of hydrogen-bond donors (Lipinski definition) is 2. The predicted octanol–water partition coefficient (Wildman–Crippen LogP) is 2.16. The van der Waals surface area contributed by atoms with Gasteiger partial charge in [0.2, 0.25) is 0 Å². The number of aromatic nitrogens is 4. The van der Waals surface area contributed by atoms with E-state index in [-0.39, 0.29) is 11.9 Å². The fourth-order valence-corrected chi connectivity index (χ4v) is 3.98. The van der Waals surface area contributed by atoms with Crippen LogP contribution in [0.4, 0.5) is 0 Å². The summed E-state index contributed by atoms with van der Waals surface area (Å²) in [5.41, 5.74) is 2.24. The molecule has 3 rings (SSSR count). The van der Waals surface area contributed by atoms with Crippen molar-refractivity contribution in [3.8, 4) is 0 Å². The zero-order chi connectivity index (χ0) is 17.1. The van der Waals surface area contributed by atoms with Crippen molar-refractivity contribution >= 4 is 17.2 Å². The van der Waals surface area contributed by atoms with E-state index < -0.39 is 0 Å². The lowest BCUT2D eigenvalue weighted by Gasteiger charge is -2.23. The molecule has 1 unspecified atom stereocenters. The summed E-state index contributed by atoms with van der Waals surface area (Å²) in [6.07, 6.45) is 2.82. The SMILES string of the molecule is CCC(NC(=O)c1nnn(C2CCNCC2)c1C)c1nc(C)cs1. The Morgan fingerprint density at radius 1 is 1.46 bits per heavy atom. The summed E-state index contributed by atoms with van der Waals surface area (Å²) in [6.45, 7) is 7.88. The number of carbonyl (C=O) groups excluding carboxylic acids is 1. The minimum Gasteiger partial charge on any atom is -0.341 e. The van der Waals surface area contributed by atoms with E-state index in [1.807, 2.05) is 30.8 Å². The first-order chi connectivity index (χ1) is 11.6. The van der Waals surface area contributed by atoms with Gasteiger partial charge in [0.15, 0.2) is 5.69 Å². The molecule has 130 valence electrons. The van der Waals surface area contributed by atoms with Crippen LogP contribution in [0.25, 0.3) is 0 Å². The minimum atomic E-state index is -0.174. The van der Waals surface area contributed by atoms with Gasteiger partial charge in [-0.3, -0.25) is 4.79 Å². The molecule has 2 N–H and O–H groups in total. The molecular formula is C16H24N6OS. The highest BCUT2D eigenvalue weighted by molar-refractivity contribution is 7.09. The molecule has 2 aromatic heterocycles. The number of hydrogen-bond acceptors (Lipinski definition) is 6. The summed E-state index contributed by atoms with van der Waals surface area (Å²) in [6, 6.07) is 0.239. The molecule has 3 heterocycles. The van der Waals surface area contributed by atoms with Crippen LogP contribution in [0.15, 0.2) is 5.38 Å². The largest absolute Gasteiger partial charge is 0.341 e. The van der Waals surface area contributed by atoms with Crippen LogP contribution in [-0.4, -0.2) is 39.0 Å². The lowest BCUT2D eigenvalue weighted by atomic mass is 10.1. The second-order valence-electron chi connectivity index (χ2n) is 6.21. The van der Waals surface area contributed by atoms with E-state index in [4.69, 9.17) is 0 Å². The normalized spacial score (nSPS) is 17.0. The molecule has 1 aliphatic rings. The van der Waals surface area contributed by atoms with Crippen molar-refractivity contribution < 1.29 is 4.79 Å². The molecule has 1 atom stereocenters.